The molecule has 0 radical (unpaired) electrons. The summed E-state index contributed by atoms with van der Waals surface area (Å²) < 4.78 is 5.79. The Morgan fingerprint density at radius 2 is 1.73 bits per heavy atom. The summed E-state index contributed by atoms with van der Waals surface area (Å²) in [4.78, 5) is 12.7. The van der Waals surface area contributed by atoms with Crippen LogP contribution in [0.3, 0.4) is 0 Å². The zero-order valence-corrected chi connectivity index (χ0v) is 15.3. The maximum atomic E-state index is 5.79. The number of nitrogens with one attached hydrogen (secondary N) is 1. The van der Waals surface area contributed by atoms with Crippen molar-refractivity contribution in [2.75, 3.05) is 43.4 Å². The van der Waals surface area contributed by atoms with Gasteiger partial charge < -0.3 is 14.2 Å². The Bertz CT molecular complexity index is 860. The first-order chi connectivity index (χ1) is 12.5. The van der Waals surface area contributed by atoms with Gasteiger partial charge in [0.25, 0.3) is 0 Å². The molecule has 2 aromatic heterocycles. The van der Waals surface area contributed by atoms with Crippen LogP contribution in [0.5, 0.6) is 0 Å². The van der Waals surface area contributed by atoms with Crippen LogP contribution in [-0.2, 0) is 0 Å². The zero-order chi connectivity index (χ0) is 18.5. The van der Waals surface area contributed by atoms with Crippen LogP contribution in [-0.4, -0.2) is 44.4 Å². The second kappa shape index (κ2) is 7.69. The van der Waals surface area contributed by atoms with Crippen molar-refractivity contribution in [1.29, 1.82) is 0 Å². The van der Waals surface area contributed by atoms with Gasteiger partial charge in [0.15, 0.2) is 5.82 Å². The van der Waals surface area contributed by atoms with Crippen LogP contribution in [0.15, 0.2) is 58.0 Å². The van der Waals surface area contributed by atoms with Crippen molar-refractivity contribution in [3.63, 3.8) is 0 Å². The van der Waals surface area contributed by atoms with E-state index in [-0.39, 0.29) is 0 Å². The number of rotatable bonds is 6. The van der Waals surface area contributed by atoms with Crippen LogP contribution in [0, 0.1) is 0 Å². The molecule has 0 atom stereocenters. The largest absolute Gasteiger partial charge is 0.455 e. The number of benzene rings is 1. The van der Waals surface area contributed by atoms with Crippen molar-refractivity contribution < 1.29 is 4.42 Å². The van der Waals surface area contributed by atoms with Crippen molar-refractivity contribution in [1.82, 2.24) is 9.97 Å². The number of nitrogens with zero attached hydrogens (tertiary/aromatic N) is 5. The molecule has 1 aromatic carbocycles. The first kappa shape index (κ1) is 17.5. The Hall–Kier alpha value is -3.35. The van der Waals surface area contributed by atoms with Gasteiger partial charge in [-0.2, -0.15) is 15.1 Å². The Kier molecular flexibility index (Phi) is 5.17. The van der Waals surface area contributed by atoms with E-state index in [1.807, 2.05) is 86.5 Å². The van der Waals surface area contributed by atoms with Gasteiger partial charge in [0.05, 0.1) is 6.21 Å². The molecule has 0 fully saturated rings. The lowest BCUT2D eigenvalue weighted by molar-refractivity contribution is 0.575. The SMILES string of the molecule is CN(C)c1cc(N/N=C/c2ccc(-c3ccccc3)o2)nc(N(C)C)n1. The normalized spacial score (nSPS) is 10.9. The molecule has 1 N–H and O–H groups in total. The molecule has 2 heterocycles. The molecule has 7 heteroatoms. The van der Waals surface area contributed by atoms with Crippen LogP contribution in [0.4, 0.5) is 17.6 Å². The Labute approximate surface area is 153 Å². The minimum Gasteiger partial charge on any atom is -0.455 e. The van der Waals surface area contributed by atoms with Gasteiger partial charge in [-0.1, -0.05) is 30.3 Å². The number of hydrogen-bond donors (Lipinski definition) is 1. The van der Waals surface area contributed by atoms with Crippen LogP contribution in [0.1, 0.15) is 5.76 Å². The third-order valence-corrected chi connectivity index (χ3v) is 3.61. The topological polar surface area (TPSA) is 69.8 Å². The van der Waals surface area contributed by atoms with E-state index < -0.39 is 0 Å². The number of hydrogen-bond acceptors (Lipinski definition) is 7. The van der Waals surface area contributed by atoms with E-state index in [4.69, 9.17) is 4.42 Å². The molecule has 0 amide bonds. The average Bonchev–Trinajstić information content (AvgIpc) is 3.11. The lowest BCUT2D eigenvalue weighted by Crippen LogP contribution is -2.17. The predicted octanol–water partition coefficient (Wildman–Crippen LogP) is 3.31. The predicted molar refractivity (Wildman–Crippen MR) is 106 cm³/mol. The number of anilines is 3. The molecule has 0 bridgehead atoms. The Morgan fingerprint density at radius 3 is 2.42 bits per heavy atom. The minimum atomic E-state index is 0.610. The Morgan fingerprint density at radius 1 is 0.962 bits per heavy atom. The van der Waals surface area contributed by atoms with Gasteiger partial charge in [-0.05, 0) is 12.1 Å². The van der Waals surface area contributed by atoms with Gasteiger partial charge in [0.1, 0.15) is 17.3 Å². The molecule has 0 spiro atoms. The zero-order valence-electron chi connectivity index (χ0n) is 15.3. The molecule has 3 aromatic rings. The number of aromatic nitrogens is 2. The van der Waals surface area contributed by atoms with Gasteiger partial charge in [-0.15, -0.1) is 0 Å². The van der Waals surface area contributed by atoms with Gasteiger partial charge >= 0.3 is 0 Å². The molecule has 0 saturated heterocycles. The van der Waals surface area contributed by atoms with Crippen LogP contribution >= 0.6 is 0 Å². The molecule has 26 heavy (non-hydrogen) atoms. The minimum absolute atomic E-state index is 0.610. The maximum absolute atomic E-state index is 5.79. The average molecular weight is 350 g/mol. The molecular formula is C19H22N6O. The summed E-state index contributed by atoms with van der Waals surface area (Å²) >= 11 is 0. The summed E-state index contributed by atoms with van der Waals surface area (Å²) in [6.07, 6.45) is 1.62. The summed E-state index contributed by atoms with van der Waals surface area (Å²) in [5.74, 6) is 3.48. The highest BCUT2D eigenvalue weighted by molar-refractivity contribution is 5.78. The second-order valence-corrected chi connectivity index (χ2v) is 6.14. The third-order valence-electron chi connectivity index (χ3n) is 3.61. The summed E-state index contributed by atoms with van der Waals surface area (Å²) in [5, 5.41) is 4.22. The van der Waals surface area contributed by atoms with E-state index in [2.05, 4.69) is 20.5 Å². The van der Waals surface area contributed by atoms with E-state index in [9.17, 15) is 0 Å². The van der Waals surface area contributed by atoms with Gasteiger partial charge in [0.2, 0.25) is 5.95 Å². The molecule has 0 aliphatic carbocycles. The quantitative estimate of drug-likeness (QED) is 0.543. The molecule has 0 aliphatic rings. The Balaban J connectivity index is 1.74. The van der Waals surface area contributed by atoms with Crippen molar-refractivity contribution in [2.24, 2.45) is 5.10 Å². The molecule has 0 unspecified atom stereocenters. The highest BCUT2D eigenvalue weighted by Gasteiger charge is 2.07. The van der Waals surface area contributed by atoms with Gasteiger partial charge in [-0.25, -0.2) is 0 Å². The monoisotopic (exact) mass is 350 g/mol. The van der Waals surface area contributed by atoms with Crippen LogP contribution < -0.4 is 15.2 Å². The molecule has 3 rings (SSSR count). The fourth-order valence-electron chi connectivity index (χ4n) is 2.25. The van der Waals surface area contributed by atoms with E-state index in [0.717, 1.165) is 17.1 Å². The van der Waals surface area contributed by atoms with Crippen molar-refractivity contribution >= 4 is 23.8 Å². The fourth-order valence-corrected chi connectivity index (χ4v) is 2.25. The first-order valence-corrected chi connectivity index (χ1v) is 8.21. The molecule has 7 nitrogen and oxygen atoms in total. The van der Waals surface area contributed by atoms with Crippen molar-refractivity contribution in [3.8, 4) is 11.3 Å². The summed E-state index contributed by atoms with van der Waals surface area (Å²) in [5.41, 5.74) is 3.97. The lowest BCUT2D eigenvalue weighted by atomic mass is 10.2. The maximum Gasteiger partial charge on any atom is 0.228 e. The number of hydrazone groups is 1. The van der Waals surface area contributed by atoms with E-state index in [1.54, 1.807) is 6.21 Å². The summed E-state index contributed by atoms with van der Waals surface area (Å²) in [7, 11) is 7.66. The smallest absolute Gasteiger partial charge is 0.228 e. The molecular weight excluding hydrogens is 328 g/mol. The van der Waals surface area contributed by atoms with E-state index in [0.29, 0.717) is 17.5 Å². The van der Waals surface area contributed by atoms with Crippen molar-refractivity contribution in [3.05, 3.63) is 54.3 Å². The lowest BCUT2D eigenvalue weighted by Gasteiger charge is -2.16. The molecule has 0 aliphatic heterocycles. The highest BCUT2D eigenvalue weighted by atomic mass is 16.3. The molecule has 0 saturated carbocycles. The fraction of sp³-hybridized carbons (Fsp3) is 0.211. The van der Waals surface area contributed by atoms with Gasteiger partial charge in [0, 0.05) is 39.8 Å². The van der Waals surface area contributed by atoms with Crippen molar-refractivity contribution in [2.45, 2.75) is 0 Å². The van der Waals surface area contributed by atoms with Crippen LogP contribution in [0.2, 0.25) is 0 Å². The second-order valence-electron chi connectivity index (χ2n) is 6.14. The van der Waals surface area contributed by atoms with Crippen LogP contribution in [0.25, 0.3) is 11.3 Å². The number of furan rings is 1. The molecule has 134 valence electrons. The van der Waals surface area contributed by atoms with E-state index in [1.165, 1.54) is 0 Å². The van der Waals surface area contributed by atoms with Gasteiger partial charge in [-0.3, -0.25) is 5.43 Å². The first-order valence-electron chi connectivity index (χ1n) is 8.21. The van der Waals surface area contributed by atoms with E-state index >= 15 is 0 Å². The summed E-state index contributed by atoms with van der Waals surface area (Å²) in [6.45, 7) is 0. The summed E-state index contributed by atoms with van der Waals surface area (Å²) in [6, 6.07) is 15.6. The standard InChI is InChI=1S/C19H22N6O/c1-24(2)18-12-17(21-19(22-18)25(3)4)23-20-13-15-10-11-16(26-15)14-8-6-5-7-9-14/h5-13H,1-4H3,(H,21,22,23)/b20-13+. The third kappa shape index (κ3) is 4.18. The highest BCUT2D eigenvalue weighted by Crippen LogP contribution is 2.21.